The second-order valence-electron chi connectivity index (χ2n) is 4.27. The van der Waals surface area contributed by atoms with Crippen molar-refractivity contribution in [2.45, 2.75) is 6.61 Å². The van der Waals surface area contributed by atoms with Crippen molar-refractivity contribution in [3.8, 4) is 11.5 Å². The molecule has 0 unspecified atom stereocenters. The molecule has 0 radical (unpaired) electrons. The average molecular weight is 286 g/mol. The predicted octanol–water partition coefficient (Wildman–Crippen LogP) is 3.47. The van der Waals surface area contributed by atoms with E-state index in [4.69, 9.17) is 15.2 Å². The van der Waals surface area contributed by atoms with Crippen molar-refractivity contribution in [1.82, 2.24) is 4.98 Å². The second kappa shape index (κ2) is 5.38. The number of aromatic nitrogens is 1. The van der Waals surface area contributed by atoms with Crippen molar-refractivity contribution in [3.05, 3.63) is 47.5 Å². The van der Waals surface area contributed by atoms with Crippen molar-refractivity contribution in [1.29, 1.82) is 0 Å². The van der Waals surface area contributed by atoms with E-state index in [0.717, 1.165) is 10.5 Å². The van der Waals surface area contributed by atoms with E-state index in [0.29, 0.717) is 23.8 Å². The van der Waals surface area contributed by atoms with Gasteiger partial charge in [-0.1, -0.05) is 12.1 Å². The summed E-state index contributed by atoms with van der Waals surface area (Å²) in [5.41, 5.74) is 7.41. The molecule has 20 heavy (non-hydrogen) atoms. The summed E-state index contributed by atoms with van der Waals surface area (Å²) in [7, 11) is 1.59. The normalized spacial score (nSPS) is 10.7. The van der Waals surface area contributed by atoms with E-state index < -0.39 is 0 Å². The number of nitrogen functional groups attached to an aromatic ring is 1. The number of nitrogens with two attached hydrogens (primary N) is 1. The van der Waals surface area contributed by atoms with Gasteiger partial charge in [0.2, 0.25) is 0 Å². The van der Waals surface area contributed by atoms with Gasteiger partial charge in [-0.15, -0.1) is 11.3 Å². The maximum Gasteiger partial charge on any atom is 0.142 e. The van der Waals surface area contributed by atoms with Crippen LogP contribution in [0.5, 0.6) is 11.5 Å². The molecule has 0 saturated heterocycles. The fourth-order valence-corrected chi connectivity index (χ4v) is 2.81. The molecular weight excluding hydrogens is 272 g/mol. The first-order valence-corrected chi connectivity index (χ1v) is 6.98. The molecule has 0 amide bonds. The molecule has 1 heterocycles. The number of benzene rings is 2. The molecule has 2 N–H and O–H groups in total. The molecule has 0 aliphatic carbocycles. The number of thiazole rings is 1. The Balaban J connectivity index is 1.74. The van der Waals surface area contributed by atoms with Gasteiger partial charge in [0.1, 0.15) is 23.1 Å². The predicted molar refractivity (Wildman–Crippen MR) is 81.4 cm³/mol. The molecule has 0 fully saturated rings. The first-order valence-electron chi connectivity index (χ1n) is 6.17. The van der Waals surface area contributed by atoms with Crippen molar-refractivity contribution in [3.63, 3.8) is 0 Å². The molecule has 0 bridgehead atoms. The zero-order valence-electron chi connectivity index (χ0n) is 11.0. The number of rotatable bonds is 4. The van der Waals surface area contributed by atoms with Crippen LogP contribution < -0.4 is 15.2 Å². The second-order valence-corrected chi connectivity index (χ2v) is 5.38. The summed E-state index contributed by atoms with van der Waals surface area (Å²) >= 11 is 1.64. The van der Waals surface area contributed by atoms with Crippen LogP contribution in [0.2, 0.25) is 0 Å². The third-order valence-electron chi connectivity index (χ3n) is 2.90. The van der Waals surface area contributed by atoms with Gasteiger partial charge in [-0.25, -0.2) is 4.98 Å². The molecular formula is C15H14N2O2S. The lowest BCUT2D eigenvalue weighted by molar-refractivity contribution is 0.305. The van der Waals surface area contributed by atoms with E-state index in [1.54, 1.807) is 30.6 Å². The van der Waals surface area contributed by atoms with Crippen molar-refractivity contribution < 1.29 is 9.47 Å². The van der Waals surface area contributed by atoms with Crippen LogP contribution in [0.1, 0.15) is 5.01 Å². The number of methoxy groups -OCH3 is 1. The van der Waals surface area contributed by atoms with Gasteiger partial charge < -0.3 is 15.2 Å². The highest BCUT2D eigenvalue weighted by atomic mass is 32.1. The topological polar surface area (TPSA) is 57.4 Å². The van der Waals surface area contributed by atoms with Gasteiger partial charge in [-0.2, -0.15) is 0 Å². The number of hydrogen-bond acceptors (Lipinski definition) is 5. The Bertz CT molecular complexity index is 707. The van der Waals surface area contributed by atoms with Crippen LogP contribution in [0.15, 0.2) is 42.5 Å². The molecule has 0 aliphatic heterocycles. The van der Waals surface area contributed by atoms with Crippen molar-refractivity contribution in [2.75, 3.05) is 12.8 Å². The molecule has 0 spiro atoms. The lowest BCUT2D eigenvalue weighted by Gasteiger charge is -2.08. The zero-order valence-corrected chi connectivity index (χ0v) is 11.8. The number of para-hydroxylation sites is 1. The molecule has 0 aliphatic rings. The standard InChI is InChI=1S/C15H14N2O2S/c1-18-13-7-6-10(8-11(13)16)19-9-15-17-12-4-2-3-5-14(12)20-15/h2-8H,9,16H2,1H3. The first-order chi connectivity index (χ1) is 9.76. The highest BCUT2D eigenvalue weighted by Gasteiger charge is 2.05. The fourth-order valence-electron chi connectivity index (χ4n) is 1.93. The maximum atomic E-state index is 5.84. The third kappa shape index (κ3) is 2.53. The van der Waals surface area contributed by atoms with Crippen LogP contribution in [0.3, 0.4) is 0 Å². The van der Waals surface area contributed by atoms with E-state index in [2.05, 4.69) is 11.1 Å². The average Bonchev–Trinajstić information content (AvgIpc) is 2.88. The monoisotopic (exact) mass is 286 g/mol. The smallest absolute Gasteiger partial charge is 0.142 e. The van der Waals surface area contributed by atoms with Crippen LogP contribution in [0.25, 0.3) is 10.2 Å². The molecule has 2 aromatic carbocycles. The molecule has 5 heteroatoms. The Kier molecular flexibility index (Phi) is 3.43. The Hall–Kier alpha value is -2.27. The number of hydrogen-bond donors (Lipinski definition) is 1. The number of anilines is 1. The highest BCUT2D eigenvalue weighted by Crippen LogP contribution is 2.27. The highest BCUT2D eigenvalue weighted by molar-refractivity contribution is 7.18. The number of ether oxygens (including phenoxy) is 2. The van der Waals surface area contributed by atoms with Gasteiger partial charge >= 0.3 is 0 Å². The molecule has 1 aromatic heterocycles. The lowest BCUT2D eigenvalue weighted by atomic mass is 10.3. The molecule has 3 aromatic rings. The lowest BCUT2D eigenvalue weighted by Crippen LogP contribution is -1.97. The minimum atomic E-state index is 0.436. The van der Waals surface area contributed by atoms with Gasteiger partial charge in [-0.3, -0.25) is 0 Å². The molecule has 0 atom stereocenters. The van der Waals surface area contributed by atoms with Crippen LogP contribution in [-0.4, -0.2) is 12.1 Å². The summed E-state index contributed by atoms with van der Waals surface area (Å²) < 4.78 is 12.0. The summed E-state index contributed by atoms with van der Waals surface area (Å²) in [5.74, 6) is 1.36. The van der Waals surface area contributed by atoms with Gasteiger partial charge in [0, 0.05) is 6.07 Å². The van der Waals surface area contributed by atoms with Crippen molar-refractivity contribution in [2.24, 2.45) is 0 Å². The first kappa shape index (κ1) is 12.7. The van der Waals surface area contributed by atoms with E-state index in [1.165, 1.54) is 4.70 Å². The minimum absolute atomic E-state index is 0.436. The molecule has 0 saturated carbocycles. The van der Waals surface area contributed by atoms with Gasteiger partial charge in [0.25, 0.3) is 0 Å². The largest absolute Gasteiger partial charge is 0.495 e. The van der Waals surface area contributed by atoms with Crippen LogP contribution in [0, 0.1) is 0 Å². The van der Waals surface area contributed by atoms with E-state index in [-0.39, 0.29) is 0 Å². The number of fused-ring (bicyclic) bond motifs is 1. The quantitative estimate of drug-likeness (QED) is 0.746. The maximum absolute atomic E-state index is 5.84. The van der Waals surface area contributed by atoms with Gasteiger partial charge in [0.05, 0.1) is 23.0 Å². The Morgan fingerprint density at radius 3 is 2.80 bits per heavy atom. The molecule has 102 valence electrons. The summed E-state index contributed by atoms with van der Waals surface area (Å²) in [6.07, 6.45) is 0. The summed E-state index contributed by atoms with van der Waals surface area (Å²) in [6.45, 7) is 0.436. The summed E-state index contributed by atoms with van der Waals surface area (Å²) in [6, 6.07) is 13.4. The van der Waals surface area contributed by atoms with Gasteiger partial charge in [0.15, 0.2) is 0 Å². The Morgan fingerprint density at radius 1 is 1.20 bits per heavy atom. The minimum Gasteiger partial charge on any atom is -0.495 e. The van der Waals surface area contributed by atoms with Crippen LogP contribution >= 0.6 is 11.3 Å². The third-order valence-corrected chi connectivity index (χ3v) is 3.91. The van der Waals surface area contributed by atoms with Crippen LogP contribution in [0.4, 0.5) is 5.69 Å². The summed E-state index contributed by atoms with van der Waals surface area (Å²) in [5, 5.41) is 0.945. The zero-order chi connectivity index (χ0) is 13.9. The van der Waals surface area contributed by atoms with E-state index in [9.17, 15) is 0 Å². The van der Waals surface area contributed by atoms with E-state index >= 15 is 0 Å². The van der Waals surface area contributed by atoms with Crippen LogP contribution in [-0.2, 0) is 6.61 Å². The van der Waals surface area contributed by atoms with Gasteiger partial charge in [-0.05, 0) is 24.3 Å². The Labute approximate surface area is 120 Å². The number of nitrogens with zero attached hydrogens (tertiary/aromatic N) is 1. The Morgan fingerprint density at radius 2 is 2.05 bits per heavy atom. The van der Waals surface area contributed by atoms with E-state index in [1.807, 2.05) is 24.3 Å². The van der Waals surface area contributed by atoms with Crippen molar-refractivity contribution >= 4 is 27.2 Å². The molecule has 3 rings (SSSR count). The SMILES string of the molecule is COc1ccc(OCc2nc3ccccc3s2)cc1N. The molecule has 4 nitrogen and oxygen atoms in total. The summed E-state index contributed by atoms with van der Waals surface area (Å²) in [4.78, 5) is 4.52. The fraction of sp³-hybridized carbons (Fsp3) is 0.133.